The average molecular weight is 355 g/mol. The first-order valence-electron chi connectivity index (χ1n) is 8.25. The number of nitrogens with zero attached hydrogens (tertiary/aromatic N) is 7. The van der Waals surface area contributed by atoms with Crippen molar-refractivity contribution in [3.05, 3.63) is 35.1 Å². The second-order valence-electron chi connectivity index (χ2n) is 6.08. The second-order valence-corrected chi connectivity index (χ2v) is 7.12. The topological polar surface area (TPSA) is 72.8 Å². The van der Waals surface area contributed by atoms with E-state index in [0.29, 0.717) is 0 Å². The molecule has 0 bridgehead atoms. The van der Waals surface area contributed by atoms with Crippen molar-refractivity contribution in [2.45, 2.75) is 13.5 Å². The third-order valence-corrected chi connectivity index (χ3v) is 5.29. The monoisotopic (exact) mass is 355 g/mol. The van der Waals surface area contributed by atoms with Gasteiger partial charge in [-0.15, -0.1) is 10.2 Å². The van der Waals surface area contributed by atoms with Crippen LogP contribution in [0.2, 0.25) is 0 Å². The van der Waals surface area contributed by atoms with Gasteiger partial charge in [0.25, 0.3) is 0 Å². The fourth-order valence-electron chi connectivity index (χ4n) is 3.20. The van der Waals surface area contributed by atoms with Gasteiger partial charge in [-0.3, -0.25) is 9.30 Å². The number of pyridine rings is 1. The van der Waals surface area contributed by atoms with Crippen LogP contribution in [0.4, 0.5) is 0 Å². The highest BCUT2D eigenvalue weighted by Gasteiger charge is 2.20. The van der Waals surface area contributed by atoms with Gasteiger partial charge in [0.05, 0.1) is 25.5 Å². The van der Waals surface area contributed by atoms with Crippen LogP contribution in [0.3, 0.4) is 0 Å². The number of aryl methyl sites for hydroxylation is 1. The number of aromatic nitrogens is 6. The minimum absolute atomic E-state index is 0.732. The van der Waals surface area contributed by atoms with E-state index in [0.717, 1.165) is 65.7 Å². The number of hydrogen-bond donors (Lipinski definition) is 0. The van der Waals surface area contributed by atoms with Crippen LogP contribution >= 0.6 is 11.3 Å². The SMILES string of the molecule is Cc1nc2ccccn2c1-c1nnc2sc(CN3CCOCC3)nn12. The Balaban J connectivity index is 1.56. The van der Waals surface area contributed by atoms with Gasteiger partial charge in [0.15, 0.2) is 0 Å². The third-order valence-electron chi connectivity index (χ3n) is 4.41. The molecule has 128 valence electrons. The zero-order valence-electron chi connectivity index (χ0n) is 13.8. The zero-order valence-corrected chi connectivity index (χ0v) is 14.6. The molecule has 0 spiro atoms. The number of morpholine rings is 1. The summed E-state index contributed by atoms with van der Waals surface area (Å²) in [6, 6.07) is 5.95. The van der Waals surface area contributed by atoms with E-state index in [9.17, 15) is 0 Å². The van der Waals surface area contributed by atoms with E-state index in [4.69, 9.17) is 9.84 Å². The quantitative estimate of drug-likeness (QED) is 0.556. The van der Waals surface area contributed by atoms with Crippen molar-refractivity contribution in [1.82, 2.24) is 34.1 Å². The summed E-state index contributed by atoms with van der Waals surface area (Å²) >= 11 is 1.59. The highest BCUT2D eigenvalue weighted by Crippen LogP contribution is 2.26. The Labute approximate surface area is 147 Å². The molecule has 4 aromatic rings. The summed E-state index contributed by atoms with van der Waals surface area (Å²) in [6.45, 7) is 6.28. The molecular formula is C16H17N7OS. The van der Waals surface area contributed by atoms with Crippen molar-refractivity contribution >= 4 is 21.9 Å². The van der Waals surface area contributed by atoms with E-state index < -0.39 is 0 Å². The Bertz CT molecular complexity index is 1040. The van der Waals surface area contributed by atoms with Crippen molar-refractivity contribution in [2.24, 2.45) is 0 Å². The van der Waals surface area contributed by atoms with Crippen LogP contribution in [-0.4, -0.2) is 60.4 Å². The summed E-state index contributed by atoms with van der Waals surface area (Å²) in [6.07, 6.45) is 1.99. The summed E-state index contributed by atoms with van der Waals surface area (Å²) in [5.41, 5.74) is 2.75. The molecule has 0 saturated carbocycles. The number of imidazole rings is 1. The Kier molecular flexibility index (Phi) is 3.51. The molecule has 8 nitrogen and oxygen atoms in total. The van der Waals surface area contributed by atoms with Crippen LogP contribution in [0.15, 0.2) is 24.4 Å². The highest BCUT2D eigenvalue weighted by atomic mass is 32.1. The Morgan fingerprint density at radius 1 is 1.20 bits per heavy atom. The summed E-state index contributed by atoms with van der Waals surface area (Å²) < 4.78 is 9.28. The molecule has 0 aromatic carbocycles. The van der Waals surface area contributed by atoms with E-state index in [1.165, 1.54) is 0 Å². The molecule has 5 heterocycles. The number of ether oxygens (including phenoxy) is 1. The van der Waals surface area contributed by atoms with Crippen molar-refractivity contribution in [3.63, 3.8) is 0 Å². The van der Waals surface area contributed by atoms with Gasteiger partial charge in [-0.2, -0.15) is 9.61 Å². The van der Waals surface area contributed by atoms with E-state index in [-0.39, 0.29) is 0 Å². The lowest BCUT2D eigenvalue weighted by Gasteiger charge is -2.25. The molecule has 0 radical (unpaired) electrons. The lowest BCUT2D eigenvalue weighted by molar-refractivity contribution is 0.0340. The largest absolute Gasteiger partial charge is 0.379 e. The maximum atomic E-state index is 5.41. The Hall–Kier alpha value is -2.36. The lowest BCUT2D eigenvalue weighted by atomic mass is 10.3. The maximum Gasteiger partial charge on any atom is 0.235 e. The van der Waals surface area contributed by atoms with Crippen LogP contribution in [0.5, 0.6) is 0 Å². The molecule has 0 aliphatic carbocycles. The molecule has 4 aromatic heterocycles. The number of rotatable bonds is 3. The summed E-state index contributed by atoms with van der Waals surface area (Å²) in [7, 11) is 0. The minimum Gasteiger partial charge on any atom is -0.379 e. The standard InChI is InChI=1S/C16H17N7OS/c1-11-14(22-5-3-2-4-12(22)17-11)15-18-19-16-23(15)20-13(25-16)10-21-6-8-24-9-7-21/h2-5H,6-10H2,1H3. The first-order valence-corrected chi connectivity index (χ1v) is 9.06. The third kappa shape index (κ3) is 2.51. The average Bonchev–Trinajstić information content (AvgIpc) is 3.27. The van der Waals surface area contributed by atoms with Gasteiger partial charge >= 0.3 is 0 Å². The zero-order chi connectivity index (χ0) is 16.8. The van der Waals surface area contributed by atoms with Crippen LogP contribution in [-0.2, 0) is 11.3 Å². The van der Waals surface area contributed by atoms with Crippen LogP contribution < -0.4 is 0 Å². The molecule has 1 aliphatic rings. The molecule has 1 saturated heterocycles. The molecule has 0 amide bonds. The summed E-state index contributed by atoms with van der Waals surface area (Å²) in [5.74, 6) is 0.732. The molecule has 1 aliphatic heterocycles. The van der Waals surface area contributed by atoms with Gasteiger partial charge in [-0.05, 0) is 19.1 Å². The number of hydrogen-bond acceptors (Lipinski definition) is 7. The van der Waals surface area contributed by atoms with E-state index >= 15 is 0 Å². The predicted octanol–water partition coefficient (Wildman–Crippen LogP) is 1.64. The first-order chi connectivity index (χ1) is 12.3. The van der Waals surface area contributed by atoms with E-state index in [2.05, 4.69) is 20.1 Å². The van der Waals surface area contributed by atoms with Gasteiger partial charge in [0.2, 0.25) is 10.8 Å². The van der Waals surface area contributed by atoms with Gasteiger partial charge in [0.1, 0.15) is 16.3 Å². The lowest BCUT2D eigenvalue weighted by Crippen LogP contribution is -2.35. The highest BCUT2D eigenvalue weighted by molar-refractivity contribution is 7.16. The second kappa shape index (κ2) is 5.87. The van der Waals surface area contributed by atoms with Crippen molar-refractivity contribution in [1.29, 1.82) is 0 Å². The molecule has 0 N–H and O–H groups in total. The van der Waals surface area contributed by atoms with Crippen LogP contribution in [0, 0.1) is 6.92 Å². The first kappa shape index (κ1) is 14.9. The van der Waals surface area contributed by atoms with Crippen LogP contribution in [0.25, 0.3) is 22.1 Å². The van der Waals surface area contributed by atoms with Gasteiger partial charge in [0, 0.05) is 19.3 Å². The van der Waals surface area contributed by atoms with Crippen molar-refractivity contribution in [2.75, 3.05) is 26.3 Å². The summed E-state index contributed by atoms with van der Waals surface area (Å²) in [5, 5.41) is 14.5. The molecule has 5 rings (SSSR count). The van der Waals surface area contributed by atoms with E-state index in [1.54, 1.807) is 11.3 Å². The molecule has 0 unspecified atom stereocenters. The van der Waals surface area contributed by atoms with Crippen molar-refractivity contribution < 1.29 is 4.74 Å². The van der Waals surface area contributed by atoms with Gasteiger partial charge < -0.3 is 4.74 Å². The predicted molar refractivity (Wildman–Crippen MR) is 93.7 cm³/mol. The number of fused-ring (bicyclic) bond motifs is 2. The minimum atomic E-state index is 0.732. The maximum absolute atomic E-state index is 5.41. The molecule has 1 fully saturated rings. The smallest absolute Gasteiger partial charge is 0.235 e. The molecule has 25 heavy (non-hydrogen) atoms. The van der Waals surface area contributed by atoms with E-state index in [1.807, 2.05) is 40.2 Å². The fourth-order valence-corrected chi connectivity index (χ4v) is 4.08. The Morgan fingerprint density at radius 3 is 2.96 bits per heavy atom. The Morgan fingerprint density at radius 2 is 2.08 bits per heavy atom. The van der Waals surface area contributed by atoms with Gasteiger partial charge in [-0.25, -0.2) is 4.98 Å². The van der Waals surface area contributed by atoms with Gasteiger partial charge in [-0.1, -0.05) is 17.4 Å². The fraction of sp³-hybridized carbons (Fsp3) is 0.375. The normalized spacial score (nSPS) is 16.2. The molecule has 0 atom stereocenters. The van der Waals surface area contributed by atoms with Crippen molar-refractivity contribution in [3.8, 4) is 11.5 Å². The molecular weight excluding hydrogens is 338 g/mol. The summed E-state index contributed by atoms with van der Waals surface area (Å²) in [4.78, 5) is 7.78. The van der Waals surface area contributed by atoms with Crippen LogP contribution in [0.1, 0.15) is 10.7 Å². The molecule has 9 heteroatoms.